The van der Waals surface area contributed by atoms with E-state index in [1.807, 2.05) is 6.08 Å². The van der Waals surface area contributed by atoms with E-state index in [9.17, 15) is 9.59 Å². The van der Waals surface area contributed by atoms with E-state index in [0.29, 0.717) is 26.1 Å². The number of carbonyl (C=O) groups is 2. The van der Waals surface area contributed by atoms with Crippen molar-refractivity contribution < 1.29 is 19.1 Å². The zero-order chi connectivity index (χ0) is 27.1. The molecule has 0 aliphatic rings. The van der Waals surface area contributed by atoms with Gasteiger partial charge in [-0.05, 0) is 32.1 Å². The van der Waals surface area contributed by atoms with Gasteiger partial charge in [0.15, 0.2) is 0 Å². The summed E-state index contributed by atoms with van der Waals surface area (Å²) >= 11 is 0. The molecular weight excluding hydrogens is 460 g/mol. The molecule has 0 saturated carbocycles. The fourth-order valence-electron chi connectivity index (χ4n) is 4.54. The standard InChI is InChI=1S/C33H62O4/c1-3-5-7-9-11-12-13-14-15-19-23-27-31-37-33(35)29-25-21-17-16-20-24-28-32(34)36-30-26-22-18-10-8-6-4-2/h23,27H,3-22,24-26,28-31H2,1-2H3/b27-23+. The Labute approximate surface area is 230 Å². The van der Waals surface area contributed by atoms with Crippen LogP contribution in [0.2, 0.25) is 0 Å². The molecule has 0 spiro atoms. The van der Waals surface area contributed by atoms with Gasteiger partial charge >= 0.3 is 11.9 Å². The molecule has 0 bridgehead atoms. The molecule has 37 heavy (non-hydrogen) atoms. The molecule has 0 heterocycles. The lowest BCUT2D eigenvalue weighted by molar-refractivity contribution is -0.144. The highest BCUT2D eigenvalue weighted by atomic mass is 16.5. The van der Waals surface area contributed by atoms with Crippen molar-refractivity contribution in [3.63, 3.8) is 0 Å². The van der Waals surface area contributed by atoms with Crippen molar-refractivity contribution in [2.24, 2.45) is 0 Å². The predicted octanol–water partition coefficient (Wildman–Crippen LogP) is 10.4. The van der Waals surface area contributed by atoms with Crippen molar-refractivity contribution in [3.8, 4) is 0 Å². The topological polar surface area (TPSA) is 52.6 Å². The lowest BCUT2D eigenvalue weighted by atomic mass is 10.1. The number of carbonyl (C=O) groups excluding carboxylic acids is 2. The Bertz CT molecular complexity index is 514. The zero-order valence-corrected chi connectivity index (χ0v) is 24.9. The van der Waals surface area contributed by atoms with Crippen LogP contribution in [0.3, 0.4) is 0 Å². The highest BCUT2D eigenvalue weighted by Crippen LogP contribution is 2.12. The van der Waals surface area contributed by atoms with E-state index >= 15 is 0 Å². The molecule has 0 fully saturated rings. The first-order valence-electron chi connectivity index (χ1n) is 16.2. The van der Waals surface area contributed by atoms with Crippen LogP contribution in [0.15, 0.2) is 12.2 Å². The number of ether oxygens (including phenoxy) is 2. The Morgan fingerprint density at radius 3 is 1.38 bits per heavy atom. The van der Waals surface area contributed by atoms with Gasteiger partial charge in [-0.25, -0.2) is 0 Å². The van der Waals surface area contributed by atoms with Crippen molar-refractivity contribution in [2.45, 2.75) is 174 Å². The second kappa shape index (κ2) is 30.9. The third-order valence-corrected chi connectivity index (χ3v) is 7.00. The first-order valence-corrected chi connectivity index (χ1v) is 16.2. The van der Waals surface area contributed by atoms with E-state index < -0.39 is 0 Å². The van der Waals surface area contributed by atoms with E-state index in [0.717, 1.165) is 51.4 Å². The van der Waals surface area contributed by atoms with E-state index in [1.165, 1.54) is 96.3 Å². The molecule has 0 aromatic rings. The van der Waals surface area contributed by atoms with Gasteiger partial charge in [-0.1, -0.05) is 142 Å². The SMILES string of the molecule is CCCCCCCCCCC/C=C/COC(=O)CCCCCCCCC(=O)OCCCCCCCCC. The molecule has 0 saturated heterocycles. The summed E-state index contributed by atoms with van der Waals surface area (Å²) in [6, 6.07) is 0. The number of esters is 2. The molecule has 0 amide bonds. The van der Waals surface area contributed by atoms with E-state index in [2.05, 4.69) is 19.9 Å². The minimum Gasteiger partial charge on any atom is -0.466 e. The van der Waals surface area contributed by atoms with Gasteiger partial charge in [0.25, 0.3) is 0 Å². The molecule has 4 nitrogen and oxygen atoms in total. The van der Waals surface area contributed by atoms with Gasteiger partial charge in [0.2, 0.25) is 0 Å². The maximum Gasteiger partial charge on any atom is 0.306 e. The quantitative estimate of drug-likeness (QED) is 0.0557. The fourth-order valence-corrected chi connectivity index (χ4v) is 4.54. The van der Waals surface area contributed by atoms with Gasteiger partial charge in [-0.3, -0.25) is 9.59 Å². The summed E-state index contributed by atoms with van der Waals surface area (Å²) in [6.07, 6.45) is 33.2. The van der Waals surface area contributed by atoms with Gasteiger partial charge < -0.3 is 9.47 Å². The predicted molar refractivity (Wildman–Crippen MR) is 158 cm³/mol. The van der Waals surface area contributed by atoms with E-state index in [-0.39, 0.29) is 11.9 Å². The summed E-state index contributed by atoms with van der Waals surface area (Å²) in [7, 11) is 0. The Morgan fingerprint density at radius 2 is 0.865 bits per heavy atom. The van der Waals surface area contributed by atoms with Crippen molar-refractivity contribution in [1.29, 1.82) is 0 Å². The van der Waals surface area contributed by atoms with Gasteiger partial charge in [-0.15, -0.1) is 0 Å². The van der Waals surface area contributed by atoms with Crippen molar-refractivity contribution in [3.05, 3.63) is 12.2 Å². The first-order chi connectivity index (χ1) is 18.2. The molecule has 0 aromatic carbocycles. The van der Waals surface area contributed by atoms with Crippen LogP contribution in [0.1, 0.15) is 174 Å². The van der Waals surface area contributed by atoms with Crippen molar-refractivity contribution >= 4 is 11.9 Å². The van der Waals surface area contributed by atoms with E-state index in [1.54, 1.807) is 0 Å². The summed E-state index contributed by atoms with van der Waals surface area (Å²) in [5.74, 6) is -0.132. The number of unbranched alkanes of at least 4 members (excludes halogenated alkanes) is 20. The average molecular weight is 523 g/mol. The Balaban J connectivity index is 3.31. The minimum absolute atomic E-state index is 0.0454. The van der Waals surface area contributed by atoms with Crippen molar-refractivity contribution in [1.82, 2.24) is 0 Å². The molecule has 218 valence electrons. The lowest BCUT2D eigenvalue weighted by Crippen LogP contribution is -2.05. The Hall–Kier alpha value is -1.32. The summed E-state index contributed by atoms with van der Waals surface area (Å²) in [5, 5.41) is 0. The lowest BCUT2D eigenvalue weighted by Gasteiger charge is -2.05. The molecule has 0 aliphatic carbocycles. The van der Waals surface area contributed by atoms with Crippen LogP contribution in [0, 0.1) is 0 Å². The molecule has 0 rings (SSSR count). The van der Waals surface area contributed by atoms with Gasteiger partial charge in [-0.2, -0.15) is 0 Å². The molecular formula is C33H62O4. The molecule has 0 aliphatic heterocycles. The third kappa shape index (κ3) is 30.8. The number of allylic oxidation sites excluding steroid dienone is 1. The Kier molecular flexibility index (Phi) is 29.8. The van der Waals surface area contributed by atoms with Crippen LogP contribution < -0.4 is 0 Å². The molecule has 0 N–H and O–H groups in total. The molecule has 0 radical (unpaired) electrons. The van der Waals surface area contributed by atoms with Gasteiger partial charge in [0.1, 0.15) is 6.61 Å². The van der Waals surface area contributed by atoms with Crippen LogP contribution in [-0.4, -0.2) is 25.2 Å². The summed E-state index contributed by atoms with van der Waals surface area (Å²) in [5.41, 5.74) is 0. The fraction of sp³-hybridized carbons (Fsp3) is 0.879. The summed E-state index contributed by atoms with van der Waals surface area (Å²) in [6.45, 7) is 5.49. The molecule has 0 aromatic heterocycles. The molecule has 0 unspecified atom stereocenters. The molecule has 4 heteroatoms. The normalized spacial score (nSPS) is 11.3. The molecule has 0 atom stereocenters. The summed E-state index contributed by atoms with van der Waals surface area (Å²) < 4.78 is 10.6. The first kappa shape index (κ1) is 35.7. The second-order valence-electron chi connectivity index (χ2n) is 10.7. The van der Waals surface area contributed by atoms with Crippen LogP contribution in [0.5, 0.6) is 0 Å². The van der Waals surface area contributed by atoms with Crippen LogP contribution in [0.4, 0.5) is 0 Å². The highest BCUT2D eigenvalue weighted by Gasteiger charge is 2.04. The minimum atomic E-state index is -0.0866. The largest absolute Gasteiger partial charge is 0.466 e. The van der Waals surface area contributed by atoms with E-state index in [4.69, 9.17) is 9.47 Å². The zero-order valence-electron chi connectivity index (χ0n) is 24.9. The monoisotopic (exact) mass is 522 g/mol. The number of hydrogen-bond acceptors (Lipinski definition) is 4. The van der Waals surface area contributed by atoms with Crippen LogP contribution in [-0.2, 0) is 19.1 Å². The van der Waals surface area contributed by atoms with Gasteiger partial charge in [0.05, 0.1) is 6.61 Å². The third-order valence-electron chi connectivity index (χ3n) is 7.00. The second-order valence-corrected chi connectivity index (χ2v) is 10.7. The van der Waals surface area contributed by atoms with Crippen molar-refractivity contribution in [2.75, 3.05) is 13.2 Å². The summed E-state index contributed by atoms with van der Waals surface area (Å²) in [4.78, 5) is 23.6. The van der Waals surface area contributed by atoms with Gasteiger partial charge in [0, 0.05) is 12.8 Å². The smallest absolute Gasteiger partial charge is 0.306 e. The Morgan fingerprint density at radius 1 is 0.459 bits per heavy atom. The highest BCUT2D eigenvalue weighted by molar-refractivity contribution is 5.69. The number of rotatable bonds is 29. The number of hydrogen-bond donors (Lipinski definition) is 0. The van der Waals surface area contributed by atoms with Crippen LogP contribution >= 0.6 is 0 Å². The maximum absolute atomic E-state index is 11.8. The average Bonchev–Trinajstić information content (AvgIpc) is 2.89. The van der Waals surface area contributed by atoms with Crippen LogP contribution in [0.25, 0.3) is 0 Å². The maximum atomic E-state index is 11.8.